The Morgan fingerprint density at radius 2 is 1.90 bits per heavy atom. The molecule has 31 heavy (non-hydrogen) atoms. The first-order valence-corrected chi connectivity index (χ1v) is 11.0. The number of nitrogens with zero attached hydrogens (tertiary/aromatic N) is 2. The molecule has 0 bridgehead atoms. The summed E-state index contributed by atoms with van der Waals surface area (Å²) in [7, 11) is 0. The van der Waals surface area contributed by atoms with Crippen molar-refractivity contribution in [2.24, 2.45) is 0 Å². The highest BCUT2D eigenvalue weighted by Crippen LogP contribution is 2.42. The number of ketones is 1. The fourth-order valence-electron chi connectivity index (χ4n) is 4.40. The summed E-state index contributed by atoms with van der Waals surface area (Å²) in [5.74, 6) is 1.77. The van der Waals surface area contributed by atoms with E-state index in [0.717, 1.165) is 74.8 Å². The third-order valence-electron chi connectivity index (χ3n) is 6.07. The van der Waals surface area contributed by atoms with Crippen LogP contribution in [-0.2, 0) is 11.3 Å². The van der Waals surface area contributed by atoms with E-state index in [-0.39, 0.29) is 5.78 Å². The number of morpholine rings is 1. The van der Waals surface area contributed by atoms with Gasteiger partial charge in [-0.3, -0.25) is 14.6 Å². The van der Waals surface area contributed by atoms with Crippen LogP contribution in [-0.4, -0.2) is 61.7 Å². The van der Waals surface area contributed by atoms with Crippen LogP contribution in [0.3, 0.4) is 0 Å². The summed E-state index contributed by atoms with van der Waals surface area (Å²) >= 11 is 0. The molecular formula is C25H28N2O4. The Balaban J connectivity index is 1.29. The van der Waals surface area contributed by atoms with Crippen LogP contribution in [0.4, 0.5) is 0 Å². The number of aryl methyl sites for hydroxylation is 1. The van der Waals surface area contributed by atoms with Crippen LogP contribution < -0.4 is 9.47 Å². The van der Waals surface area contributed by atoms with Crippen LogP contribution in [0.5, 0.6) is 11.5 Å². The van der Waals surface area contributed by atoms with Crippen LogP contribution in [0.1, 0.15) is 33.5 Å². The van der Waals surface area contributed by atoms with Gasteiger partial charge in [0.15, 0.2) is 5.76 Å². The maximum Gasteiger partial charge on any atom is 0.231 e. The second-order valence-electron chi connectivity index (χ2n) is 8.41. The number of carbonyl (C=O) groups is 1. The van der Waals surface area contributed by atoms with Gasteiger partial charge in [-0.1, -0.05) is 29.8 Å². The maximum absolute atomic E-state index is 12.9. The molecule has 0 radical (unpaired) electrons. The van der Waals surface area contributed by atoms with E-state index in [9.17, 15) is 4.79 Å². The lowest BCUT2D eigenvalue weighted by Gasteiger charge is -2.31. The smallest absolute Gasteiger partial charge is 0.231 e. The van der Waals surface area contributed by atoms with Crippen LogP contribution in [0.15, 0.2) is 42.2 Å². The number of fused-ring (bicyclic) bond motifs is 3. The van der Waals surface area contributed by atoms with Crippen molar-refractivity contribution >= 4 is 11.9 Å². The molecule has 3 aliphatic heterocycles. The first kappa shape index (κ1) is 20.2. The van der Waals surface area contributed by atoms with Crippen LogP contribution in [0.2, 0.25) is 0 Å². The minimum atomic E-state index is -0.0660. The summed E-state index contributed by atoms with van der Waals surface area (Å²) in [6.45, 7) is 9.03. The topological polar surface area (TPSA) is 51.2 Å². The quantitative estimate of drug-likeness (QED) is 0.691. The number of hydrogen-bond donors (Lipinski definition) is 0. The van der Waals surface area contributed by atoms with Gasteiger partial charge in [0.1, 0.15) is 18.2 Å². The highest BCUT2D eigenvalue weighted by atomic mass is 16.5. The summed E-state index contributed by atoms with van der Waals surface area (Å²) < 4.78 is 17.5. The lowest BCUT2D eigenvalue weighted by atomic mass is 10.0. The zero-order chi connectivity index (χ0) is 21.2. The van der Waals surface area contributed by atoms with Gasteiger partial charge in [-0.2, -0.15) is 0 Å². The normalized spacial score (nSPS) is 20.3. The van der Waals surface area contributed by atoms with Gasteiger partial charge in [0, 0.05) is 26.2 Å². The largest absolute Gasteiger partial charge is 0.478 e. The SMILES string of the molecule is Cc1cccc(/C=C2\Oc3c(ccc4c3CN(CCCN3CCOCC3)CO4)C2=O)c1. The number of rotatable bonds is 5. The Hall–Kier alpha value is -2.67. The summed E-state index contributed by atoms with van der Waals surface area (Å²) in [5.41, 5.74) is 3.70. The molecule has 0 atom stereocenters. The van der Waals surface area contributed by atoms with Crippen molar-refractivity contribution in [1.82, 2.24) is 9.80 Å². The minimum absolute atomic E-state index is 0.0660. The molecule has 0 aliphatic carbocycles. The molecule has 0 N–H and O–H groups in total. The zero-order valence-corrected chi connectivity index (χ0v) is 17.9. The van der Waals surface area contributed by atoms with Crippen LogP contribution in [0.25, 0.3) is 6.08 Å². The molecule has 0 saturated carbocycles. The summed E-state index contributed by atoms with van der Waals surface area (Å²) in [5, 5.41) is 0. The highest BCUT2D eigenvalue weighted by molar-refractivity contribution is 6.15. The minimum Gasteiger partial charge on any atom is -0.478 e. The highest BCUT2D eigenvalue weighted by Gasteiger charge is 2.33. The standard InChI is InChI=1S/C25H28N2O4/c1-18-4-2-5-19(14-18)15-23-24(28)20-6-7-22-21(25(20)31-23)16-27(17-30-22)9-3-8-26-10-12-29-13-11-26/h2,4-7,14-15H,3,8-13,16-17H2,1H3/b23-15-. The Bertz CT molecular complexity index is 1010. The van der Waals surface area contributed by atoms with Crippen molar-refractivity contribution in [3.63, 3.8) is 0 Å². The molecular weight excluding hydrogens is 392 g/mol. The van der Waals surface area contributed by atoms with Crippen molar-refractivity contribution < 1.29 is 19.0 Å². The lowest BCUT2D eigenvalue weighted by molar-refractivity contribution is 0.0329. The van der Waals surface area contributed by atoms with E-state index in [1.807, 2.05) is 49.4 Å². The molecule has 0 unspecified atom stereocenters. The summed E-state index contributed by atoms with van der Waals surface area (Å²) in [6, 6.07) is 11.8. The number of Topliss-reactive ketones (excluding diaryl/α,β-unsaturated/α-hetero) is 1. The Morgan fingerprint density at radius 1 is 1.06 bits per heavy atom. The predicted octanol–water partition coefficient (Wildman–Crippen LogP) is 3.49. The van der Waals surface area contributed by atoms with Gasteiger partial charge in [0.2, 0.25) is 5.78 Å². The molecule has 6 nitrogen and oxygen atoms in total. The monoisotopic (exact) mass is 420 g/mol. The number of allylic oxidation sites excluding steroid dienone is 1. The maximum atomic E-state index is 12.9. The molecule has 162 valence electrons. The van der Waals surface area contributed by atoms with E-state index in [1.165, 1.54) is 0 Å². The molecule has 2 aromatic rings. The Kier molecular flexibility index (Phi) is 5.76. The van der Waals surface area contributed by atoms with Crippen molar-refractivity contribution in [3.8, 4) is 11.5 Å². The fraction of sp³-hybridized carbons (Fsp3) is 0.400. The Morgan fingerprint density at radius 3 is 2.74 bits per heavy atom. The Labute approximate surface area is 183 Å². The number of carbonyl (C=O) groups excluding carboxylic acids is 1. The van der Waals surface area contributed by atoms with E-state index >= 15 is 0 Å². The van der Waals surface area contributed by atoms with Gasteiger partial charge < -0.3 is 14.2 Å². The first-order chi connectivity index (χ1) is 15.2. The van der Waals surface area contributed by atoms with E-state index in [0.29, 0.717) is 23.8 Å². The molecule has 0 aromatic heterocycles. The van der Waals surface area contributed by atoms with Crippen LogP contribution >= 0.6 is 0 Å². The van der Waals surface area contributed by atoms with E-state index in [2.05, 4.69) is 9.80 Å². The second-order valence-corrected chi connectivity index (χ2v) is 8.41. The number of hydrogen-bond acceptors (Lipinski definition) is 6. The van der Waals surface area contributed by atoms with Crippen LogP contribution in [0, 0.1) is 6.92 Å². The van der Waals surface area contributed by atoms with Gasteiger partial charge in [-0.15, -0.1) is 0 Å². The van der Waals surface area contributed by atoms with Gasteiger partial charge in [0.05, 0.1) is 24.3 Å². The van der Waals surface area contributed by atoms with Gasteiger partial charge >= 0.3 is 0 Å². The molecule has 6 heteroatoms. The fourth-order valence-corrected chi connectivity index (χ4v) is 4.40. The molecule has 1 saturated heterocycles. The molecule has 0 amide bonds. The average Bonchev–Trinajstić information content (AvgIpc) is 3.10. The summed E-state index contributed by atoms with van der Waals surface area (Å²) in [4.78, 5) is 17.7. The van der Waals surface area contributed by atoms with Crippen molar-refractivity contribution in [3.05, 3.63) is 64.4 Å². The van der Waals surface area contributed by atoms with Crippen molar-refractivity contribution in [2.75, 3.05) is 46.1 Å². The third kappa shape index (κ3) is 4.37. The van der Waals surface area contributed by atoms with E-state index in [1.54, 1.807) is 0 Å². The molecule has 5 rings (SSSR count). The molecule has 2 aromatic carbocycles. The van der Waals surface area contributed by atoms with Crippen molar-refractivity contribution in [2.45, 2.75) is 19.9 Å². The zero-order valence-electron chi connectivity index (χ0n) is 17.9. The molecule has 3 heterocycles. The number of ether oxygens (including phenoxy) is 3. The predicted molar refractivity (Wildman–Crippen MR) is 118 cm³/mol. The molecule has 0 spiro atoms. The van der Waals surface area contributed by atoms with E-state index in [4.69, 9.17) is 14.2 Å². The molecule has 3 aliphatic rings. The summed E-state index contributed by atoms with van der Waals surface area (Å²) in [6.07, 6.45) is 2.90. The second kappa shape index (κ2) is 8.83. The van der Waals surface area contributed by atoms with Gasteiger partial charge in [0.25, 0.3) is 0 Å². The van der Waals surface area contributed by atoms with E-state index < -0.39 is 0 Å². The molecule has 1 fully saturated rings. The third-order valence-corrected chi connectivity index (χ3v) is 6.07. The lowest BCUT2D eigenvalue weighted by Crippen LogP contribution is -2.39. The van der Waals surface area contributed by atoms with Crippen molar-refractivity contribution in [1.29, 1.82) is 0 Å². The first-order valence-electron chi connectivity index (χ1n) is 11.0. The average molecular weight is 421 g/mol. The van der Waals surface area contributed by atoms with Gasteiger partial charge in [-0.25, -0.2) is 0 Å². The number of benzene rings is 2. The van der Waals surface area contributed by atoms with Gasteiger partial charge in [-0.05, 0) is 43.7 Å².